The normalized spacial score (nSPS) is 12.8. The van der Waals surface area contributed by atoms with Gasteiger partial charge in [0.1, 0.15) is 11.5 Å². The van der Waals surface area contributed by atoms with Gasteiger partial charge in [-0.15, -0.1) is 0 Å². The Morgan fingerprint density at radius 1 is 0.962 bits per heavy atom. The van der Waals surface area contributed by atoms with E-state index in [0.29, 0.717) is 0 Å². The molecule has 0 spiro atoms. The van der Waals surface area contributed by atoms with Crippen molar-refractivity contribution in [2.75, 3.05) is 14.1 Å². The molecule has 8 heteroatoms. The Morgan fingerprint density at radius 2 is 1.58 bits per heavy atom. The number of imide groups is 1. The number of aromatic carboxylic acids is 1. The maximum absolute atomic E-state index is 12.0. The molecule has 1 aliphatic heterocycles. The van der Waals surface area contributed by atoms with E-state index in [2.05, 4.69) is 5.32 Å². The number of rotatable bonds is 4. The number of carboxylic acids is 1. The SMILES string of the molecule is CNC(=O)c1ccc(Oc2ccc3c(c2)C(=O)N(C)C3=O)cc1C(=O)O. The number of benzene rings is 2. The van der Waals surface area contributed by atoms with Gasteiger partial charge in [0.2, 0.25) is 0 Å². The third kappa shape index (κ3) is 2.77. The van der Waals surface area contributed by atoms with Gasteiger partial charge in [-0.2, -0.15) is 0 Å². The zero-order valence-electron chi connectivity index (χ0n) is 13.9. The van der Waals surface area contributed by atoms with E-state index in [1.54, 1.807) is 0 Å². The summed E-state index contributed by atoms with van der Waals surface area (Å²) >= 11 is 0. The number of carboxylic acid groups (broad SMARTS) is 1. The second kappa shape index (κ2) is 6.32. The van der Waals surface area contributed by atoms with E-state index in [1.807, 2.05) is 0 Å². The van der Waals surface area contributed by atoms with Gasteiger partial charge < -0.3 is 15.2 Å². The highest BCUT2D eigenvalue weighted by Gasteiger charge is 2.33. The lowest BCUT2D eigenvalue weighted by atomic mass is 10.1. The largest absolute Gasteiger partial charge is 0.478 e. The maximum atomic E-state index is 12.0. The van der Waals surface area contributed by atoms with E-state index in [1.165, 1.54) is 50.5 Å². The molecule has 2 N–H and O–H groups in total. The molecule has 0 saturated carbocycles. The van der Waals surface area contributed by atoms with Crippen molar-refractivity contribution in [3.63, 3.8) is 0 Å². The van der Waals surface area contributed by atoms with Gasteiger partial charge in [0.15, 0.2) is 0 Å². The number of ether oxygens (including phenoxy) is 1. The van der Waals surface area contributed by atoms with Crippen LogP contribution >= 0.6 is 0 Å². The molecule has 0 fully saturated rings. The van der Waals surface area contributed by atoms with Crippen LogP contribution in [-0.2, 0) is 0 Å². The van der Waals surface area contributed by atoms with Crippen molar-refractivity contribution in [3.05, 3.63) is 58.7 Å². The Morgan fingerprint density at radius 3 is 2.23 bits per heavy atom. The smallest absolute Gasteiger partial charge is 0.336 e. The third-order valence-electron chi connectivity index (χ3n) is 3.99. The van der Waals surface area contributed by atoms with Crippen molar-refractivity contribution in [1.29, 1.82) is 0 Å². The topological polar surface area (TPSA) is 113 Å². The first-order valence-electron chi connectivity index (χ1n) is 7.57. The molecule has 26 heavy (non-hydrogen) atoms. The molecule has 1 heterocycles. The Labute approximate surface area is 148 Å². The monoisotopic (exact) mass is 354 g/mol. The first kappa shape index (κ1) is 17.2. The number of carbonyl (C=O) groups is 4. The molecule has 0 radical (unpaired) electrons. The Hall–Kier alpha value is -3.68. The molecular weight excluding hydrogens is 340 g/mol. The number of hydrogen-bond donors (Lipinski definition) is 2. The molecule has 0 unspecified atom stereocenters. The van der Waals surface area contributed by atoms with Crippen LogP contribution in [0, 0.1) is 0 Å². The Bertz CT molecular complexity index is 966. The Balaban J connectivity index is 1.94. The lowest BCUT2D eigenvalue weighted by molar-refractivity contribution is 0.0680. The molecule has 3 rings (SSSR count). The average Bonchev–Trinajstić information content (AvgIpc) is 2.85. The molecule has 0 aromatic heterocycles. The number of hydrogen-bond acceptors (Lipinski definition) is 5. The number of amides is 3. The van der Waals surface area contributed by atoms with Gasteiger partial charge in [0.25, 0.3) is 17.7 Å². The van der Waals surface area contributed by atoms with Crippen LogP contribution in [0.4, 0.5) is 0 Å². The summed E-state index contributed by atoms with van der Waals surface area (Å²) in [6.45, 7) is 0. The van der Waals surface area contributed by atoms with E-state index in [0.717, 1.165) is 4.90 Å². The summed E-state index contributed by atoms with van der Waals surface area (Å²) < 4.78 is 5.60. The van der Waals surface area contributed by atoms with E-state index in [-0.39, 0.29) is 39.7 Å². The third-order valence-corrected chi connectivity index (χ3v) is 3.99. The molecule has 3 amide bonds. The molecule has 0 aliphatic carbocycles. The van der Waals surface area contributed by atoms with Gasteiger partial charge in [-0.3, -0.25) is 19.3 Å². The van der Waals surface area contributed by atoms with Gasteiger partial charge in [-0.1, -0.05) is 0 Å². The zero-order chi connectivity index (χ0) is 19.0. The van der Waals surface area contributed by atoms with E-state index < -0.39 is 17.8 Å². The fourth-order valence-corrected chi connectivity index (χ4v) is 2.64. The summed E-state index contributed by atoms with van der Waals surface area (Å²) in [5.41, 5.74) is 0.291. The molecule has 0 bridgehead atoms. The predicted octanol–water partition coefficient (Wildman–Crippen LogP) is 1.76. The summed E-state index contributed by atoms with van der Waals surface area (Å²) in [6.07, 6.45) is 0. The Kier molecular flexibility index (Phi) is 4.17. The first-order chi connectivity index (χ1) is 12.3. The van der Waals surface area contributed by atoms with Crippen molar-refractivity contribution in [2.24, 2.45) is 0 Å². The predicted molar refractivity (Wildman–Crippen MR) is 89.7 cm³/mol. The minimum atomic E-state index is -1.27. The van der Waals surface area contributed by atoms with Gasteiger partial charge in [0.05, 0.1) is 22.3 Å². The van der Waals surface area contributed by atoms with Crippen LogP contribution in [0.25, 0.3) is 0 Å². The number of carbonyl (C=O) groups excluding carboxylic acids is 3. The van der Waals surface area contributed by atoms with Crippen molar-refractivity contribution in [2.45, 2.75) is 0 Å². The van der Waals surface area contributed by atoms with Crippen LogP contribution in [-0.4, -0.2) is 47.8 Å². The molecule has 0 saturated heterocycles. The molecule has 2 aromatic rings. The van der Waals surface area contributed by atoms with Crippen molar-refractivity contribution >= 4 is 23.7 Å². The molecular formula is C18H14N2O6. The minimum Gasteiger partial charge on any atom is -0.478 e. The van der Waals surface area contributed by atoms with E-state index in [4.69, 9.17) is 4.74 Å². The summed E-state index contributed by atoms with van der Waals surface area (Å²) in [7, 11) is 2.79. The fourth-order valence-electron chi connectivity index (χ4n) is 2.64. The summed E-state index contributed by atoms with van der Waals surface area (Å²) in [6, 6.07) is 8.42. The number of nitrogens with one attached hydrogen (secondary N) is 1. The first-order valence-corrected chi connectivity index (χ1v) is 7.57. The van der Waals surface area contributed by atoms with Crippen molar-refractivity contribution in [1.82, 2.24) is 10.2 Å². The maximum Gasteiger partial charge on any atom is 0.336 e. The standard InChI is InChI=1S/C18H14N2O6/c1-19-15(21)11-5-3-10(8-14(11)18(24)25)26-9-4-6-12-13(7-9)17(23)20(2)16(12)22/h3-8H,1-2H3,(H,19,21)(H,24,25). The molecule has 8 nitrogen and oxygen atoms in total. The summed E-state index contributed by atoms with van der Waals surface area (Å²) in [4.78, 5) is 48.1. The van der Waals surface area contributed by atoms with E-state index >= 15 is 0 Å². The number of nitrogens with zero attached hydrogens (tertiary/aromatic N) is 1. The van der Waals surface area contributed by atoms with Gasteiger partial charge in [-0.25, -0.2) is 4.79 Å². The van der Waals surface area contributed by atoms with E-state index in [9.17, 15) is 24.3 Å². The lowest BCUT2D eigenvalue weighted by Gasteiger charge is -2.10. The summed E-state index contributed by atoms with van der Waals surface area (Å²) in [5, 5.41) is 11.7. The summed E-state index contributed by atoms with van der Waals surface area (Å²) in [5.74, 6) is -2.18. The lowest BCUT2D eigenvalue weighted by Crippen LogP contribution is -2.24. The highest BCUT2D eigenvalue weighted by molar-refractivity contribution is 6.21. The molecule has 1 aliphatic rings. The quantitative estimate of drug-likeness (QED) is 0.809. The van der Waals surface area contributed by atoms with Gasteiger partial charge in [-0.05, 0) is 36.4 Å². The number of fused-ring (bicyclic) bond motifs is 1. The average molecular weight is 354 g/mol. The van der Waals surface area contributed by atoms with Gasteiger partial charge >= 0.3 is 5.97 Å². The van der Waals surface area contributed by atoms with Crippen LogP contribution in [0.2, 0.25) is 0 Å². The molecule has 132 valence electrons. The van der Waals surface area contributed by atoms with Crippen LogP contribution < -0.4 is 10.1 Å². The second-order valence-electron chi connectivity index (χ2n) is 5.57. The van der Waals surface area contributed by atoms with Crippen LogP contribution in [0.15, 0.2) is 36.4 Å². The van der Waals surface area contributed by atoms with Crippen LogP contribution in [0.3, 0.4) is 0 Å². The zero-order valence-corrected chi connectivity index (χ0v) is 13.9. The van der Waals surface area contributed by atoms with Crippen LogP contribution in [0.5, 0.6) is 11.5 Å². The second-order valence-corrected chi connectivity index (χ2v) is 5.57. The van der Waals surface area contributed by atoms with Crippen molar-refractivity contribution < 1.29 is 29.0 Å². The fraction of sp³-hybridized carbons (Fsp3) is 0.111. The highest BCUT2D eigenvalue weighted by atomic mass is 16.5. The highest BCUT2D eigenvalue weighted by Crippen LogP contribution is 2.29. The minimum absolute atomic E-state index is 0.00343. The van der Waals surface area contributed by atoms with Crippen LogP contribution in [0.1, 0.15) is 41.4 Å². The molecule has 0 atom stereocenters. The van der Waals surface area contributed by atoms with Gasteiger partial charge in [0, 0.05) is 14.1 Å². The molecule has 2 aromatic carbocycles. The van der Waals surface area contributed by atoms with Crippen molar-refractivity contribution in [3.8, 4) is 11.5 Å².